The first-order chi connectivity index (χ1) is 16.1. The Kier molecular flexibility index (Phi) is 9.82. The lowest BCUT2D eigenvalue weighted by Crippen LogP contribution is -2.58. The molecule has 1 aromatic rings. The highest BCUT2D eigenvalue weighted by Crippen LogP contribution is 2.20. The van der Waals surface area contributed by atoms with Crippen molar-refractivity contribution in [2.45, 2.75) is 63.7 Å². The molecule has 7 N–H and O–H groups in total. The first-order valence-corrected chi connectivity index (χ1v) is 11.4. The predicted molar refractivity (Wildman–Crippen MR) is 123 cm³/mol. The van der Waals surface area contributed by atoms with Crippen LogP contribution in [0.25, 0.3) is 0 Å². The number of nitrogens with two attached hydrogens (primary N) is 1. The number of aliphatic hydroxyl groups is 1. The topological polar surface area (TPSA) is 182 Å². The van der Waals surface area contributed by atoms with Crippen LogP contribution in [0.4, 0.5) is 0 Å². The van der Waals surface area contributed by atoms with Crippen molar-refractivity contribution in [3.63, 3.8) is 0 Å². The Labute approximate surface area is 198 Å². The number of carboxylic acid groups (broad SMARTS) is 1. The van der Waals surface area contributed by atoms with Gasteiger partial charge in [-0.3, -0.25) is 14.4 Å². The van der Waals surface area contributed by atoms with Crippen LogP contribution in [0.5, 0.6) is 5.75 Å². The zero-order chi connectivity index (χ0) is 25.4. The molecule has 1 fully saturated rings. The minimum Gasteiger partial charge on any atom is -0.508 e. The van der Waals surface area contributed by atoms with Crippen molar-refractivity contribution in [2.75, 3.05) is 13.2 Å². The van der Waals surface area contributed by atoms with Crippen LogP contribution in [0.1, 0.15) is 38.7 Å². The van der Waals surface area contributed by atoms with Gasteiger partial charge in [0, 0.05) is 13.0 Å². The monoisotopic (exact) mass is 478 g/mol. The number of phenols is 1. The highest BCUT2D eigenvalue weighted by molar-refractivity contribution is 5.94. The van der Waals surface area contributed by atoms with Gasteiger partial charge in [-0.05, 0) is 36.5 Å². The first-order valence-electron chi connectivity index (χ1n) is 11.4. The van der Waals surface area contributed by atoms with E-state index in [1.165, 1.54) is 17.0 Å². The lowest BCUT2D eigenvalue weighted by Gasteiger charge is -2.30. The van der Waals surface area contributed by atoms with E-state index in [4.69, 9.17) is 5.73 Å². The summed E-state index contributed by atoms with van der Waals surface area (Å²) < 4.78 is 0. The summed E-state index contributed by atoms with van der Waals surface area (Å²) in [6.45, 7) is 3.38. The van der Waals surface area contributed by atoms with Crippen molar-refractivity contribution >= 4 is 23.7 Å². The molecular formula is C23H34N4O7. The van der Waals surface area contributed by atoms with Gasteiger partial charge < -0.3 is 36.6 Å². The standard InChI is InChI=1S/C23H34N4O7/c1-3-13(2)19(26-20(30)18-5-4-10-27(18)22(32)16(24)12-28)21(31)25-17(23(33)34)11-14-6-8-15(29)9-7-14/h6-9,13,16-19,28-29H,3-5,10-12,24H2,1-2H3,(H,25,31)(H,26,30)(H,33,34). The quantitative estimate of drug-likeness (QED) is 0.242. The Morgan fingerprint density at radius 1 is 1.18 bits per heavy atom. The molecule has 34 heavy (non-hydrogen) atoms. The zero-order valence-corrected chi connectivity index (χ0v) is 19.4. The lowest BCUT2D eigenvalue weighted by molar-refractivity contribution is -0.143. The first kappa shape index (κ1) is 27.1. The van der Waals surface area contributed by atoms with Gasteiger partial charge in [0.25, 0.3) is 0 Å². The van der Waals surface area contributed by atoms with Gasteiger partial charge >= 0.3 is 5.97 Å². The van der Waals surface area contributed by atoms with Crippen molar-refractivity contribution in [1.82, 2.24) is 15.5 Å². The van der Waals surface area contributed by atoms with Crippen molar-refractivity contribution in [2.24, 2.45) is 11.7 Å². The fourth-order valence-electron chi connectivity index (χ4n) is 3.87. The number of hydrogen-bond donors (Lipinski definition) is 6. The number of likely N-dealkylation sites (tertiary alicyclic amines) is 1. The third-order valence-electron chi connectivity index (χ3n) is 6.14. The van der Waals surface area contributed by atoms with Gasteiger partial charge in [0.1, 0.15) is 29.9 Å². The zero-order valence-electron chi connectivity index (χ0n) is 19.4. The highest BCUT2D eigenvalue weighted by Gasteiger charge is 2.38. The molecule has 11 nitrogen and oxygen atoms in total. The van der Waals surface area contributed by atoms with Crippen LogP contribution in [0.3, 0.4) is 0 Å². The maximum atomic E-state index is 13.1. The van der Waals surface area contributed by atoms with Crippen LogP contribution in [0.2, 0.25) is 0 Å². The van der Waals surface area contributed by atoms with Gasteiger partial charge in [0.05, 0.1) is 6.61 Å². The molecule has 11 heteroatoms. The average Bonchev–Trinajstić information content (AvgIpc) is 3.31. The van der Waals surface area contributed by atoms with E-state index in [1.807, 2.05) is 6.92 Å². The molecule has 0 aliphatic carbocycles. The molecule has 0 spiro atoms. The Morgan fingerprint density at radius 2 is 1.82 bits per heavy atom. The molecule has 1 aliphatic heterocycles. The van der Waals surface area contributed by atoms with Crippen LogP contribution in [0, 0.1) is 5.92 Å². The molecular weight excluding hydrogens is 444 g/mol. The molecule has 3 amide bonds. The number of aliphatic carboxylic acids is 1. The number of phenolic OH excluding ortho intramolecular Hbond substituents is 1. The van der Waals surface area contributed by atoms with Crippen molar-refractivity contribution in [3.05, 3.63) is 29.8 Å². The summed E-state index contributed by atoms with van der Waals surface area (Å²) in [6.07, 6.45) is 1.50. The number of carbonyl (C=O) groups excluding carboxylic acids is 3. The number of benzene rings is 1. The van der Waals surface area contributed by atoms with Crippen molar-refractivity contribution < 1.29 is 34.5 Å². The van der Waals surface area contributed by atoms with Crippen LogP contribution in [-0.2, 0) is 25.6 Å². The molecule has 1 aromatic carbocycles. The van der Waals surface area contributed by atoms with Gasteiger partial charge in [-0.2, -0.15) is 0 Å². The summed E-state index contributed by atoms with van der Waals surface area (Å²) in [4.78, 5) is 51.6. The van der Waals surface area contributed by atoms with E-state index >= 15 is 0 Å². The average molecular weight is 479 g/mol. The number of aliphatic hydroxyl groups excluding tert-OH is 1. The number of hydrogen-bond acceptors (Lipinski definition) is 7. The maximum Gasteiger partial charge on any atom is 0.326 e. The van der Waals surface area contributed by atoms with Crippen LogP contribution in [-0.4, -0.2) is 81.2 Å². The molecule has 2 rings (SSSR count). The second-order valence-corrected chi connectivity index (χ2v) is 8.62. The number of carboxylic acids is 1. The summed E-state index contributed by atoms with van der Waals surface area (Å²) in [5.74, 6) is -3.21. The molecule has 0 saturated carbocycles. The van der Waals surface area contributed by atoms with E-state index < -0.39 is 54.5 Å². The van der Waals surface area contributed by atoms with Gasteiger partial charge in [-0.15, -0.1) is 0 Å². The molecule has 5 atom stereocenters. The number of aromatic hydroxyl groups is 1. The molecule has 0 aromatic heterocycles. The number of carbonyl (C=O) groups is 4. The summed E-state index contributed by atoms with van der Waals surface area (Å²) in [5.41, 5.74) is 6.23. The largest absolute Gasteiger partial charge is 0.508 e. The molecule has 1 heterocycles. The molecule has 0 radical (unpaired) electrons. The lowest BCUT2D eigenvalue weighted by atomic mass is 9.96. The van der Waals surface area contributed by atoms with Gasteiger partial charge in [-0.25, -0.2) is 4.79 Å². The predicted octanol–water partition coefficient (Wildman–Crippen LogP) is -0.654. The molecule has 5 unspecified atom stereocenters. The van der Waals surface area contributed by atoms with Gasteiger partial charge in [0.2, 0.25) is 17.7 Å². The second-order valence-electron chi connectivity index (χ2n) is 8.62. The van der Waals surface area contributed by atoms with E-state index in [0.717, 1.165) is 0 Å². The van der Waals surface area contributed by atoms with Gasteiger partial charge in [-0.1, -0.05) is 32.4 Å². The van der Waals surface area contributed by atoms with E-state index in [-0.39, 0.29) is 18.1 Å². The fourth-order valence-corrected chi connectivity index (χ4v) is 3.87. The van der Waals surface area contributed by atoms with Crippen molar-refractivity contribution in [1.29, 1.82) is 0 Å². The number of nitrogens with zero attached hydrogens (tertiary/aromatic N) is 1. The Bertz CT molecular complexity index is 877. The maximum absolute atomic E-state index is 13.1. The molecule has 1 saturated heterocycles. The number of nitrogens with one attached hydrogen (secondary N) is 2. The fraction of sp³-hybridized carbons (Fsp3) is 0.565. The number of amides is 3. The number of rotatable bonds is 11. The second kappa shape index (κ2) is 12.3. The van der Waals surface area contributed by atoms with Crippen LogP contribution in [0.15, 0.2) is 24.3 Å². The molecule has 1 aliphatic rings. The smallest absolute Gasteiger partial charge is 0.326 e. The van der Waals surface area contributed by atoms with E-state index in [0.29, 0.717) is 31.4 Å². The van der Waals surface area contributed by atoms with Crippen molar-refractivity contribution in [3.8, 4) is 5.75 Å². The van der Waals surface area contributed by atoms with E-state index in [2.05, 4.69) is 10.6 Å². The van der Waals surface area contributed by atoms with Gasteiger partial charge in [0.15, 0.2) is 0 Å². The normalized spacial score (nSPS) is 19.1. The minimum atomic E-state index is -1.24. The summed E-state index contributed by atoms with van der Waals surface area (Å²) in [6, 6.07) is 1.78. The van der Waals surface area contributed by atoms with E-state index in [1.54, 1.807) is 19.1 Å². The third-order valence-corrected chi connectivity index (χ3v) is 6.14. The minimum absolute atomic E-state index is 0.00746. The Hall–Kier alpha value is -3.18. The molecule has 188 valence electrons. The molecule has 0 bridgehead atoms. The summed E-state index contributed by atoms with van der Waals surface area (Å²) in [7, 11) is 0. The highest BCUT2D eigenvalue weighted by atomic mass is 16.4. The third kappa shape index (κ3) is 6.91. The SMILES string of the molecule is CCC(C)C(NC(=O)C1CCCN1C(=O)C(N)CO)C(=O)NC(Cc1ccc(O)cc1)C(=O)O. The Morgan fingerprint density at radius 3 is 2.38 bits per heavy atom. The summed E-state index contributed by atoms with van der Waals surface area (Å²) in [5, 5.41) is 33.4. The summed E-state index contributed by atoms with van der Waals surface area (Å²) >= 11 is 0. The van der Waals surface area contributed by atoms with Crippen LogP contribution >= 0.6 is 0 Å². The Balaban J connectivity index is 2.13. The van der Waals surface area contributed by atoms with Crippen LogP contribution < -0.4 is 16.4 Å². The van der Waals surface area contributed by atoms with E-state index in [9.17, 15) is 34.5 Å².